The van der Waals surface area contributed by atoms with E-state index in [0.717, 1.165) is 28.6 Å². The fraction of sp³-hybridized carbons (Fsp3) is 0.500. The molecule has 42 heavy (non-hydrogen) atoms. The van der Waals surface area contributed by atoms with Crippen LogP contribution in [0.2, 0.25) is 0 Å². The Morgan fingerprint density at radius 2 is 1.83 bits per heavy atom. The maximum Gasteiger partial charge on any atom is 0.247 e. The van der Waals surface area contributed by atoms with Crippen molar-refractivity contribution in [2.75, 3.05) is 20.6 Å². The third-order valence-electron chi connectivity index (χ3n) is 8.08. The number of rotatable bonds is 11. The van der Waals surface area contributed by atoms with E-state index in [1.165, 1.54) is 17.0 Å². The van der Waals surface area contributed by atoms with Crippen molar-refractivity contribution in [1.82, 2.24) is 30.4 Å². The van der Waals surface area contributed by atoms with Crippen LogP contribution in [0.25, 0.3) is 22.2 Å². The number of H-pyrrole nitrogens is 1. The first kappa shape index (κ1) is 31.2. The molecule has 1 fully saturated rings. The fourth-order valence-electron chi connectivity index (χ4n) is 5.73. The Morgan fingerprint density at radius 3 is 2.48 bits per heavy atom. The number of halogens is 1. The number of likely N-dealkylation sites (N-methyl/N-ethyl adjacent to an activating group) is 2. The molecule has 3 aromatic rings. The number of carbonyl (C=O) groups excluding carboxylic acids is 3. The zero-order valence-electron chi connectivity index (χ0n) is 25.4. The highest BCUT2D eigenvalue weighted by Gasteiger charge is 2.41. The van der Waals surface area contributed by atoms with Crippen LogP contribution in [-0.2, 0) is 14.4 Å². The van der Waals surface area contributed by atoms with E-state index in [1.807, 2.05) is 45.9 Å². The predicted octanol–water partition coefficient (Wildman–Crippen LogP) is 4.41. The summed E-state index contributed by atoms with van der Waals surface area (Å²) in [6, 6.07) is 10.3. The molecule has 1 unspecified atom stereocenters. The van der Waals surface area contributed by atoms with E-state index < -0.39 is 12.1 Å². The Hall–Kier alpha value is -3.79. The Bertz CT molecular complexity index is 1400. The average molecular weight is 579 g/mol. The number of amides is 3. The summed E-state index contributed by atoms with van der Waals surface area (Å²) >= 11 is 0. The summed E-state index contributed by atoms with van der Waals surface area (Å²) in [4.78, 5) is 51.9. The van der Waals surface area contributed by atoms with E-state index in [-0.39, 0.29) is 48.1 Å². The molecule has 1 aliphatic heterocycles. The molecular formula is C32H43FN6O3. The van der Waals surface area contributed by atoms with Crippen LogP contribution >= 0.6 is 0 Å². The van der Waals surface area contributed by atoms with Crippen LogP contribution in [0.1, 0.15) is 65.2 Å². The van der Waals surface area contributed by atoms with Gasteiger partial charge >= 0.3 is 0 Å². The maximum absolute atomic E-state index is 14.3. The molecule has 4 atom stereocenters. The summed E-state index contributed by atoms with van der Waals surface area (Å²) in [6.45, 7) is 7.91. The molecule has 0 bridgehead atoms. The van der Waals surface area contributed by atoms with Crippen molar-refractivity contribution in [1.29, 1.82) is 0 Å². The molecule has 3 amide bonds. The second-order valence-electron chi connectivity index (χ2n) is 11.7. The first-order valence-corrected chi connectivity index (χ1v) is 14.8. The lowest BCUT2D eigenvalue weighted by Gasteiger charge is -2.34. The Balaban J connectivity index is 1.66. The monoisotopic (exact) mass is 578 g/mol. The molecule has 0 saturated carbocycles. The summed E-state index contributed by atoms with van der Waals surface area (Å²) in [7, 11) is 3.39. The minimum Gasteiger partial charge on any atom is -0.343 e. The molecule has 1 aromatic heterocycles. The molecule has 3 N–H and O–H groups in total. The second kappa shape index (κ2) is 13.5. The number of likely N-dealkylation sites (tertiary alicyclic amines) is 1. The summed E-state index contributed by atoms with van der Waals surface area (Å²) in [6.07, 6.45) is 2.39. The van der Waals surface area contributed by atoms with Gasteiger partial charge in [-0.05, 0) is 62.9 Å². The van der Waals surface area contributed by atoms with Gasteiger partial charge in [0.15, 0.2) is 0 Å². The van der Waals surface area contributed by atoms with Gasteiger partial charge in [0.2, 0.25) is 17.7 Å². The number of carbonyl (C=O) groups is 3. The van der Waals surface area contributed by atoms with Crippen LogP contribution in [0, 0.1) is 11.7 Å². The molecule has 4 rings (SSSR count). The Labute approximate surface area is 247 Å². The van der Waals surface area contributed by atoms with Gasteiger partial charge in [-0.1, -0.05) is 45.0 Å². The average Bonchev–Trinajstić information content (AvgIpc) is 3.56. The highest BCUT2D eigenvalue weighted by molar-refractivity contribution is 5.93. The maximum atomic E-state index is 14.3. The quantitative estimate of drug-likeness (QED) is 0.312. The van der Waals surface area contributed by atoms with Gasteiger partial charge in [0.25, 0.3) is 0 Å². The molecule has 2 aromatic carbocycles. The normalized spacial score (nSPS) is 18.3. The van der Waals surface area contributed by atoms with E-state index in [1.54, 1.807) is 31.1 Å². The third-order valence-corrected chi connectivity index (χ3v) is 8.08. The van der Waals surface area contributed by atoms with Gasteiger partial charge in [-0.3, -0.25) is 14.4 Å². The third kappa shape index (κ3) is 6.81. The van der Waals surface area contributed by atoms with Crippen LogP contribution in [0.5, 0.6) is 0 Å². The number of hydrogen-bond donors (Lipinski definition) is 3. The second-order valence-corrected chi connectivity index (χ2v) is 11.7. The molecule has 0 aliphatic carbocycles. The van der Waals surface area contributed by atoms with E-state index in [0.29, 0.717) is 25.1 Å². The molecular weight excluding hydrogens is 535 g/mol. The van der Waals surface area contributed by atoms with Crippen molar-refractivity contribution >= 4 is 28.8 Å². The standard InChI is InChI=1S/C32H43FN6O3/c1-7-24(34-5)31(41)36-26(18-38(6)28(40)17-19(2)3)32(42)39-20(4)11-16-27(39)30-35-25-10-8-9-23(29(25)37-30)21-12-14-22(33)15-13-21/h8-10,12-15,19-20,24,26-27,34H,7,11,16-18H2,1-6H3,(H,35,37)(H,36,41)/t20?,24-,26-,27-/m0/s1. The molecule has 9 nitrogen and oxygen atoms in total. The van der Waals surface area contributed by atoms with Crippen LogP contribution in [0.3, 0.4) is 0 Å². The zero-order chi connectivity index (χ0) is 30.6. The van der Waals surface area contributed by atoms with Crippen molar-refractivity contribution < 1.29 is 18.8 Å². The number of fused-ring (bicyclic) bond motifs is 1. The highest BCUT2D eigenvalue weighted by Crippen LogP contribution is 2.37. The summed E-state index contributed by atoms with van der Waals surface area (Å²) in [5, 5.41) is 5.94. The Kier molecular flexibility index (Phi) is 9.98. The molecule has 226 valence electrons. The molecule has 10 heteroatoms. The largest absolute Gasteiger partial charge is 0.343 e. The first-order valence-electron chi connectivity index (χ1n) is 14.8. The lowest BCUT2D eigenvalue weighted by atomic mass is 10.0. The summed E-state index contributed by atoms with van der Waals surface area (Å²) in [5.41, 5.74) is 3.28. The Morgan fingerprint density at radius 1 is 1.12 bits per heavy atom. The van der Waals surface area contributed by atoms with Crippen LogP contribution < -0.4 is 10.6 Å². The SMILES string of the molecule is CC[C@H](NC)C(=O)N[C@@H](CN(C)C(=O)CC(C)C)C(=O)N1C(C)CC[C@H]1c1nc2c(-c3ccc(F)cc3)cccc2[nH]1. The highest BCUT2D eigenvalue weighted by atomic mass is 19.1. The van der Waals surface area contributed by atoms with Crippen molar-refractivity contribution in [3.05, 3.63) is 54.1 Å². The van der Waals surface area contributed by atoms with Gasteiger partial charge in [0.1, 0.15) is 17.7 Å². The molecule has 1 aliphatic rings. The number of aromatic amines is 1. The molecule has 2 heterocycles. The molecule has 1 saturated heterocycles. The van der Waals surface area contributed by atoms with Crippen molar-refractivity contribution in [2.24, 2.45) is 5.92 Å². The van der Waals surface area contributed by atoms with Crippen molar-refractivity contribution in [3.8, 4) is 11.1 Å². The lowest BCUT2D eigenvalue weighted by Crippen LogP contribution is -2.57. The minimum absolute atomic E-state index is 0.0705. The first-order chi connectivity index (χ1) is 20.0. The molecule has 0 spiro atoms. The van der Waals surface area contributed by atoms with E-state index >= 15 is 0 Å². The van der Waals surface area contributed by atoms with Gasteiger partial charge in [-0.15, -0.1) is 0 Å². The van der Waals surface area contributed by atoms with Crippen LogP contribution in [0.4, 0.5) is 4.39 Å². The van der Waals surface area contributed by atoms with Crippen LogP contribution in [-0.4, -0.2) is 76.3 Å². The van der Waals surface area contributed by atoms with Gasteiger partial charge in [0.05, 0.1) is 23.1 Å². The van der Waals surface area contributed by atoms with Crippen molar-refractivity contribution in [3.63, 3.8) is 0 Å². The van der Waals surface area contributed by atoms with E-state index in [4.69, 9.17) is 4.98 Å². The number of benzene rings is 2. The van der Waals surface area contributed by atoms with E-state index in [2.05, 4.69) is 15.6 Å². The predicted molar refractivity (Wildman–Crippen MR) is 162 cm³/mol. The van der Waals surface area contributed by atoms with Gasteiger partial charge in [-0.25, -0.2) is 9.37 Å². The number of nitrogens with zero attached hydrogens (tertiary/aromatic N) is 3. The van der Waals surface area contributed by atoms with Gasteiger partial charge < -0.3 is 25.4 Å². The topological polar surface area (TPSA) is 110 Å². The van der Waals surface area contributed by atoms with Gasteiger partial charge in [0, 0.05) is 31.6 Å². The van der Waals surface area contributed by atoms with E-state index in [9.17, 15) is 18.8 Å². The number of imidazole rings is 1. The molecule has 0 radical (unpaired) electrons. The van der Waals surface area contributed by atoms with Crippen molar-refractivity contribution in [2.45, 2.75) is 77.5 Å². The number of aromatic nitrogens is 2. The fourth-order valence-corrected chi connectivity index (χ4v) is 5.73. The zero-order valence-corrected chi connectivity index (χ0v) is 25.4. The summed E-state index contributed by atoms with van der Waals surface area (Å²) in [5.74, 6) is -0.0661. The lowest BCUT2D eigenvalue weighted by molar-refractivity contribution is -0.141. The van der Waals surface area contributed by atoms with Gasteiger partial charge in [-0.2, -0.15) is 0 Å². The van der Waals surface area contributed by atoms with Crippen LogP contribution in [0.15, 0.2) is 42.5 Å². The number of hydrogen-bond acceptors (Lipinski definition) is 5. The number of para-hydroxylation sites is 1. The smallest absolute Gasteiger partial charge is 0.247 e. The number of nitrogens with one attached hydrogen (secondary N) is 3. The minimum atomic E-state index is -0.914. The summed E-state index contributed by atoms with van der Waals surface area (Å²) < 4.78 is 13.6.